The van der Waals surface area contributed by atoms with Crippen molar-refractivity contribution in [1.29, 1.82) is 0 Å². The van der Waals surface area contributed by atoms with E-state index in [0.29, 0.717) is 0 Å². The maximum absolute atomic E-state index is 14.3. The van der Waals surface area contributed by atoms with Gasteiger partial charge in [-0.2, -0.15) is 0 Å². The normalized spacial score (nSPS) is 17.6. The number of carbonyl (C=O) groups is 2. The molecule has 1 atom stereocenters. The van der Waals surface area contributed by atoms with Crippen LogP contribution in [0.5, 0.6) is 23.0 Å². The van der Waals surface area contributed by atoms with Crippen molar-refractivity contribution in [3.63, 3.8) is 0 Å². The molecule has 0 bridgehead atoms. The number of Topliss-reactive ketones (excluding diaryl/α,β-unsaturated/α-hetero) is 2. The van der Waals surface area contributed by atoms with E-state index >= 15 is 0 Å². The molecule has 1 saturated heterocycles. The molecule has 0 aliphatic carbocycles. The first-order valence-corrected chi connectivity index (χ1v) is 13.8. The number of methoxy groups -OCH3 is 4. The Morgan fingerprint density at radius 1 is 0.816 bits per heavy atom. The van der Waals surface area contributed by atoms with Crippen LogP contribution >= 0.6 is 7.74 Å². The third kappa shape index (κ3) is 6.26. The van der Waals surface area contributed by atoms with Crippen LogP contribution in [0.3, 0.4) is 0 Å². The molecule has 1 aliphatic heterocycles. The first kappa shape index (κ1) is 29.8. The Bertz CT molecular complexity index is 1070. The van der Waals surface area contributed by atoms with Crippen LogP contribution in [-0.4, -0.2) is 56.4 Å². The Kier molecular flexibility index (Phi) is 8.72. The van der Waals surface area contributed by atoms with Gasteiger partial charge >= 0.3 is 222 Å². The van der Waals surface area contributed by atoms with Crippen molar-refractivity contribution in [3.05, 3.63) is 47.5 Å². The monoisotopic (exact) mass is 554 g/mol. The number of ketones is 2. The Hall–Kier alpha value is -2.79. The van der Waals surface area contributed by atoms with E-state index < -0.39 is 30.6 Å². The standard InChI is InChI=1S/C26H35O11P/c1-16(15-35-38(29,30)36-37-38)14-26(2,3)23(24(27)21-17(31-4)10-8-11-18(21)32-5)25(28)22-19(33-6)12-9-13-20(22)34-7/h8-13,16,23,29-30H,14-15H2,1-7H3. The summed E-state index contributed by atoms with van der Waals surface area (Å²) in [5, 5.41) is 0. The summed E-state index contributed by atoms with van der Waals surface area (Å²) in [6.45, 7) is 5.18. The van der Waals surface area contributed by atoms with Gasteiger partial charge in [0.2, 0.25) is 0 Å². The molecule has 1 fully saturated rings. The first-order chi connectivity index (χ1) is 17.8. The summed E-state index contributed by atoms with van der Waals surface area (Å²) >= 11 is 0. The molecular formula is C26H35O11P. The number of hydrogen-bond acceptors (Lipinski definition) is 11. The van der Waals surface area contributed by atoms with Crippen molar-refractivity contribution in [1.82, 2.24) is 0 Å². The van der Waals surface area contributed by atoms with Gasteiger partial charge in [-0.3, -0.25) is 0 Å². The first-order valence-electron chi connectivity index (χ1n) is 11.9. The molecule has 1 unspecified atom stereocenters. The van der Waals surface area contributed by atoms with Crippen molar-refractivity contribution in [3.8, 4) is 23.0 Å². The van der Waals surface area contributed by atoms with Crippen LogP contribution < -0.4 is 18.9 Å². The number of ether oxygens (including phenoxy) is 4. The second-order valence-electron chi connectivity index (χ2n) is 9.78. The minimum absolute atomic E-state index is 0.122. The molecule has 0 amide bonds. The van der Waals surface area contributed by atoms with E-state index in [0.717, 1.165) is 0 Å². The third-order valence-electron chi connectivity index (χ3n) is 6.38. The number of benzene rings is 2. The summed E-state index contributed by atoms with van der Waals surface area (Å²) < 4.78 is 35.5. The molecule has 1 heterocycles. The second kappa shape index (κ2) is 11.1. The van der Waals surface area contributed by atoms with Crippen molar-refractivity contribution < 1.29 is 52.2 Å². The molecule has 2 aromatic carbocycles. The van der Waals surface area contributed by atoms with Crippen molar-refractivity contribution in [2.24, 2.45) is 17.3 Å². The Balaban J connectivity index is 2.10. The fourth-order valence-corrected chi connectivity index (χ4v) is 5.66. The average Bonchev–Trinajstić information content (AvgIpc) is 3.55. The predicted molar refractivity (Wildman–Crippen MR) is 138 cm³/mol. The van der Waals surface area contributed by atoms with Gasteiger partial charge in [0.15, 0.2) is 0 Å². The molecule has 1 aliphatic rings. The minimum atomic E-state index is -4.94. The quantitative estimate of drug-likeness (QED) is 0.112. The second-order valence-corrected chi connectivity index (χ2v) is 11.9. The van der Waals surface area contributed by atoms with E-state index in [4.69, 9.17) is 23.5 Å². The van der Waals surface area contributed by atoms with E-state index in [-0.39, 0.29) is 53.1 Å². The molecule has 3 rings (SSSR count). The zero-order chi connectivity index (χ0) is 28.3. The Morgan fingerprint density at radius 2 is 1.18 bits per heavy atom. The van der Waals surface area contributed by atoms with Crippen LogP contribution in [0.15, 0.2) is 36.4 Å². The summed E-state index contributed by atoms with van der Waals surface area (Å²) in [4.78, 5) is 48.3. The summed E-state index contributed by atoms with van der Waals surface area (Å²) in [7, 11) is 0.773. The van der Waals surface area contributed by atoms with Gasteiger partial charge in [0, 0.05) is 0 Å². The molecule has 0 aromatic heterocycles. The third-order valence-corrected chi connectivity index (χ3v) is 7.51. The average molecular weight is 555 g/mol. The molecule has 0 saturated carbocycles. The molecule has 0 spiro atoms. The molecule has 210 valence electrons. The van der Waals surface area contributed by atoms with Crippen LogP contribution in [0, 0.1) is 17.3 Å². The van der Waals surface area contributed by atoms with Gasteiger partial charge in [-0.15, -0.1) is 0 Å². The molecular weight excluding hydrogens is 519 g/mol. The van der Waals surface area contributed by atoms with Crippen LogP contribution in [-0.2, 0) is 13.9 Å². The summed E-state index contributed by atoms with van der Waals surface area (Å²) in [5.41, 5.74) is -0.750. The molecule has 2 N–H and O–H groups in total. The van der Waals surface area contributed by atoms with E-state index in [1.165, 1.54) is 28.4 Å². The van der Waals surface area contributed by atoms with Gasteiger partial charge in [-0.25, -0.2) is 0 Å². The summed E-state index contributed by atoms with van der Waals surface area (Å²) in [6, 6.07) is 9.83. The zero-order valence-corrected chi connectivity index (χ0v) is 23.4. The number of rotatable bonds is 14. The van der Waals surface area contributed by atoms with Crippen molar-refractivity contribution >= 4 is 19.3 Å². The van der Waals surface area contributed by atoms with Crippen molar-refractivity contribution in [2.45, 2.75) is 27.2 Å². The SMILES string of the molecule is COc1cccc(OC)c1C(=O)C(C(=O)c1c(OC)cccc1OC)C(C)(C)CC(C)COP1(O)(O)OO1. The molecule has 11 nitrogen and oxygen atoms in total. The van der Waals surface area contributed by atoms with Gasteiger partial charge < -0.3 is 0 Å². The van der Waals surface area contributed by atoms with Gasteiger partial charge in [0.1, 0.15) is 0 Å². The van der Waals surface area contributed by atoms with Gasteiger partial charge in [0.05, 0.1) is 0 Å². The van der Waals surface area contributed by atoms with Crippen LogP contribution in [0.1, 0.15) is 47.9 Å². The summed E-state index contributed by atoms with van der Waals surface area (Å²) in [6.07, 6.45) is 0.260. The van der Waals surface area contributed by atoms with Crippen LogP contribution in [0.2, 0.25) is 0 Å². The predicted octanol–water partition coefficient (Wildman–Crippen LogP) is 4.55. The van der Waals surface area contributed by atoms with Crippen LogP contribution in [0.4, 0.5) is 0 Å². The topological polar surface area (TPSA) is 146 Å². The number of hydrogen-bond donors (Lipinski definition) is 2. The molecule has 12 heteroatoms. The molecule has 2 aromatic rings. The van der Waals surface area contributed by atoms with Crippen molar-refractivity contribution in [2.75, 3.05) is 35.0 Å². The summed E-state index contributed by atoms with van der Waals surface area (Å²) in [5.74, 6) is -1.62. The van der Waals surface area contributed by atoms with E-state index in [9.17, 15) is 19.4 Å². The van der Waals surface area contributed by atoms with Crippen LogP contribution in [0.25, 0.3) is 0 Å². The zero-order valence-electron chi connectivity index (χ0n) is 22.5. The van der Waals surface area contributed by atoms with E-state index in [1.54, 1.807) is 57.2 Å². The van der Waals surface area contributed by atoms with Gasteiger partial charge in [-0.1, -0.05) is 0 Å². The van der Waals surface area contributed by atoms with E-state index in [1.807, 2.05) is 0 Å². The number of carbonyl (C=O) groups excluding carboxylic acids is 2. The fraction of sp³-hybridized carbons (Fsp3) is 0.462. The molecule has 0 radical (unpaired) electrons. The fourth-order valence-electron chi connectivity index (χ4n) is 4.72. The Morgan fingerprint density at radius 3 is 1.50 bits per heavy atom. The van der Waals surface area contributed by atoms with Gasteiger partial charge in [0.25, 0.3) is 0 Å². The van der Waals surface area contributed by atoms with Gasteiger partial charge in [-0.05, 0) is 0 Å². The van der Waals surface area contributed by atoms with E-state index in [2.05, 4.69) is 9.35 Å². The Labute approximate surface area is 221 Å². The maximum atomic E-state index is 14.3. The molecule has 38 heavy (non-hydrogen) atoms.